The maximum Gasteiger partial charge on any atom is 0.408 e. The summed E-state index contributed by atoms with van der Waals surface area (Å²) in [5.74, 6) is 0. The van der Waals surface area contributed by atoms with Gasteiger partial charge in [-0.3, -0.25) is 9.80 Å². The van der Waals surface area contributed by atoms with E-state index in [0.29, 0.717) is 6.04 Å². The molecule has 1 N–H and O–H groups in total. The lowest BCUT2D eigenvalue weighted by molar-refractivity contribution is 0.00217. The minimum absolute atomic E-state index is 0.166. The summed E-state index contributed by atoms with van der Waals surface area (Å²) < 4.78 is 0. The summed E-state index contributed by atoms with van der Waals surface area (Å²) in [5, 5.41) is 9.68. The van der Waals surface area contributed by atoms with Crippen molar-refractivity contribution in [2.75, 3.05) is 13.1 Å². The van der Waals surface area contributed by atoms with E-state index in [4.69, 9.17) is 0 Å². The number of carboxylic acid groups (broad SMARTS) is 1. The minimum Gasteiger partial charge on any atom is -0.465 e. The van der Waals surface area contributed by atoms with E-state index in [-0.39, 0.29) is 11.6 Å². The van der Waals surface area contributed by atoms with Crippen LogP contribution in [0.2, 0.25) is 0 Å². The van der Waals surface area contributed by atoms with Crippen LogP contribution in [0.4, 0.5) is 4.79 Å². The van der Waals surface area contributed by atoms with E-state index in [1.165, 1.54) is 25.7 Å². The van der Waals surface area contributed by atoms with Crippen LogP contribution in [0, 0.1) is 0 Å². The van der Waals surface area contributed by atoms with Crippen molar-refractivity contribution in [1.82, 2.24) is 9.80 Å². The Morgan fingerprint density at radius 2 is 1.65 bits per heavy atom. The highest BCUT2D eigenvalue weighted by Crippen LogP contribution is 2.32. The second kappa shape index (κ2) is 6.33. The lowest BCUT2D eigenvalue weighted by Crippen LogP contribution is -2.60. The molecule has 1 heterocycles. The second-order valence-electron chi connectivity index (χ2n) is 7.34. The quantitative estimate of drug-likeness (QED) is 0.842. The number of piperidine rings is 1. The zero-order valence-electron chi connectivity index (χ0n) is 13.3. The molecule has 0 unspecified atom stereocenters. The Kier molecular flexibility index (Phi) is 4.95. The van der Waals surface area contributed by atoms with Gasteiger partial charge in [0.1, 0.15) is 0 Å². The Morgan fingerprint density at radius 1 is 1.05 bits per heavy atom. The summed E-state index contributed by atoms with van der Waals surface area (Å²) >= 11 is 0. The van der Waals surface area contributed by atoms with Crippen LogP contribution in [0.3, 0.4) is 0 Å². The molecule has 2 fully saturated rings. The molecule has 4 heteroatoms. The Morgan fingerprint density at radius 3 is 2.20 bits per heavy atom. The van der Waals surface area contributed by atoms with E-state index in [1.807, 2.05) is 20.8 Å². The van der Waals surface area contributed by atoms with E-state index >= 15 is 0 Å². The predicted octanol–water partition coefficient (Wildman–Crippen LogP) is 3.56. The van der Waals surface area contributed by atoms with Crippen LogP contribution in [0.25, 0.3) is 0 Å². The highest BCUT2D eigenvalue weighted by Gasteiger charge is 2.41. The van der Waals surface area contributed by atoms with Crippen molar-refractivity contribution < 1.29 is 9.90 Å². The van der Waals surface area contributed by atoms with E-state index in [9.17, 15) is 9.90 Å². The van der Waals surface area contributed by atoms with Crippen LogP contribution in [-0.4, -0.2) is 51.7 Å². The zero-order chi connectivity index (χ0) is 14.8. The van der Waals surface area contributed by atoms with Gasteiger partial charge in [0.15, 0.2) is 0 Å². The van der Waals surface area contributed by atoms with Crippen molar-refractivity contribution in [3.63, 3.8) is 0 Å². The van der Waals surface area contributed by atoms with Gasteiger partial charge >= 0.3 is 6.09 Å². The molecular formula is C16H30N2O2. The predicted molar refractivity (Wildman–Crippen MR) is 81.1 cm³/mol. The Balaban J connectivity index is 2.18. The smallest absolute Gasteiger partial charge is 0.408 e. The van der Waals surface area contributed by atoms with Gasteiger partial charge in [0.25, 0.3) is 0 Å². The third kappa shape index (κ3) is 3.46. The highest BCUT2D eigenvalue weighted by atomic mass is 16.4. The number of carbonyl (C=O) groups is 1. The standard InChI is InChI=1S/C16H30N2O2/c1-16(2,3)18(15(19)20)14-10-6-5-9-13(14)17-11-7-4-8-12-17/h13-14H,4-12H2,1-3H3,(H,19,20)/t13-,14-/m0/s1. The van der Waals surface area contributed by atoms with Crippen LogP contribution >= 0.6 is 0 Å². The fourth-order valence-corrected chi connectivity index (χ4v) is 4.00. The van der Waals surface area contributed by atoms with Crippen LogP contribution in [-0.2, 0) is 0 Å². The molecule has 4 nitrogen and oxygen atoms in total. The van der Waals surface area contributed by atoms with Crippen molar-refractivity contribution in [1.29, 1.82) is 0 Å². The molecule has 0 spiro atoms. The van der Waals surface area contributed by atoms with E-state index in [0.717, 1.165) is 32.4 Å². The molecule has 1 saturated heterocycles. The van der Waals surface area contributed by atoms with Gasteiger partial charge in [-0.25, -0.2) is 4.79 Å². The molecule has 0 bridgehead atoms. The number of hydrogen-bond acceptors (Lipinski definition) is 2. The third-order valence-electron chi connectivity index (χ3n) is 4.81. The van der Waals surface area contributed by atoms with Gasteiger partial charge in [-0.2, -0.15) is 0 Å². The van der Waals surface area contributed by atoms with E-state index < -0.39 is 6.09 Å². The molecule has 116 valence electrons. The van der Waals surface area contributed by atoms with Crippen molar-refractivity contribution in [3.05, 3.63) is 0 Å². The average Bonchev–Trinajstić information content (AvgIpc) is 2.38. The Labute approximate surface area is 123 Å². The van der Waals surface area contributed by atoms with Crippen molar-refractivity contribution >= 4 is 6.09 Å². The lowest BCUT2D eigenvalue weighted by atomic mass is 9.85. The van der Waals surface area contributed by atoms with Gasteiger partial charge < -0.3 is 5.11 Å². The number of amides is 1. The zero-order valence-corrected chi connectivity index (χ0v) is 13.3. The fraction of sp³-hybridized carbons (Fsp3) is 0.938. The molecule has 0 aromatic rings. The Hall–Kier alpha value is -0.770. The largest absolute Gasteiger partial charge is 0.465 e. The van der Waals surface area contributed by atoms with Gasteiger partial charge in [0.2, 0.25) is 0 Å². The maximum atomic E-state index is 11.8. The first-order valence-corrected chi connectivity index (χ1v) is 8.17. The summed E-state index contributed by atoms with van der Waals surface area (Å²) in [5.41, 5.74) is -0.318. The number of hydrogen-bond donors (Lipinski definition) is 1. The first-order chi connectivity index (χ1) is 9.41. The van der Waals surface area contributed by atoms with E-state index in [2.05, 4.69) is 4.90 Å². The summed E-state index contributed by atoms with van der Waals surface area (Å²) in [7, 11) is 0. The first-order valence-electron chi connectivity index (χ1n) is 8.17. The summed E-state index contributed by atoms with van der Waals surface area (Å²) in [6.07, 6.45) is 7.69. The second-order valence-corrected chi connectivity index (χ2v) is 7.34. The summed E-state index contributed by atoms with van der Waals surface area (Å²) in [6.45, 7) is 8.35. The van der Waals surface area contributed by atoms with Gasteiger partial charge in [-0.1, -0.05) is 19.3 Å². The first kappa shape index (κ1) is 15.6. The van der Waals surface area contributed by atoms with Crippen molar-refractivity contribution in [2.24, 2.45) is 0 Å². The molecule has 0 aromatic heterocycles. The molecule has 0 radical (unpaired) electrons. The molecule has 2 atom stereocenters. The third-order valence-corrected chi connectivity index (χ3v) is 4.81. The molecule has 1 saturated carbocycles. The summed E-state index contributed by atoms with van der Waals surface area (Å²) in [4.78, 5) is 16.1. The van der Waals surface area contributed by atoms with Gasteiger partial charge in [0.05, 0.1) is 6.04 Å². The molecule has 1 amide bonds. The molecule has 1 aliphatic carbocycles. The lowest BCUT2D eigenvalue weighted by Gasteiger charge is -2.49. The van der Waals surface area contributed by atoms with Gasteiger partial charge in [-0.15, -0.1) is 0 Å². The fourth-order valence-electron chi connectivity index (χ4n) is 4.00. The molecular weight excluding hydrogens is 252 g/mol. The molecule has 1 aliphatic heterocycles. The normalized spacial score (nSPS) is 29.1. The van der Waals surface area contributed by atoms with Crippen LogP contribution in [0.15, 0.2) is 0 Å². The van der Waals surface area contributed by atoms with Crippen LogP contribution in [0.1, 0.15) is 65.7 Å². The monoisotopic (exact) mass is 282 g/mol. The van der Waals surface area contributed by atoms with Crippen molar-refractivity contribution in [3.8, 4) is 0 Å². The molecule has 2 aliphatic rings. The van der Waals surface area contributed by atoms with Gasteiger partial charge in [-0.05, 0) is 59.5 Å². The molecule has 0 aromatic carbocycles. The topological polar surface area (TPSA) is 43.8 Å². The highest BCUT2D eigenvalue weighted by molar-refractivity contribution is 5.66. The maximum absolute atomic E-state index is 11.8. The van der Waals surface area contributed by atoms with Crippen LogP contribution < -0.4 is 0 Å². The van der Waals surface area contributed by atoms with E-state index in [1.54, 1.807) is 4.90 Å². The molecule has 2 rings (SSSR count). The average molecular weight is 282 g/mol. The SMILES string of the molecule is CC(C)(C)N(C(=O)O)[C@H]1CCCC[C@@H]1N1CCCCC1. The molecule has 20 heavy (non-hydrogen) atoms. The minimum atomic E-state index is -0.758. The number of likely N-dealkylation sites (tertiary alicyclic amines) is 1. The number of rotatable bonds is 2. The van der Waals surface area contributed by atoms with Crippen LogP contribution in [0.5, 0.6) is 0 Å². The number of nitrogens with zero attached hydrogens (tertiary/aromatic N) is 2. The van der Waals surface area contributed by atoms with Crippen molar-refractivity contribution in [2.45, 2.75) is 83.3 Å². The summed E-state index contributed by atoms with van der Waals surface area (Å²) in [6, 6.07) is 0.596. The van der Waals surface area contributed by atoms with Gasteiger partial charge in [0, 0.05) is 11.6 Å². The Bertz CT molecular complexity index is 332.